The summed E-state index contributed by atoms with van der Waals surface area (Å²) in [6.07, 6.45) is 0. The van der Waals surface area contributed by atoms with Crippen molar-refractivity contribution in [2.75, 3.05) is 0 Å². The van der Waals surface area contributed by atoms with Crippen molar-refractivity contribution >= 4 is 22.7 Å². The van der Waals surface area contributed by atoms with Crippen molar-refractivity contribution in [3.8, 4) is 6.07 Å². The number of nitrogens with zero attached hydrogens (tertiary/aromatic N) is 3. The first-order valence-corrected chi connectivity index (χ1v) is 4.81. The second kappa shape index (κ2) is 4.45. The minimum atomic E-state index is -0.589. The molecule has 0 bridgehead atoms. The molecule has 0 spiro atoms. The van der Waals surface area contributed by atoms with Gasteiger partial charge in [-0.3, -0.25) is 0 Å². The molecule has 0 aliphatic carbocycles. The fourth-order valence-corrected chi connectivity index (χ4v) is 1.29. The van der Waals surface area contributed by atoms with Gasteiger partial charge in [-0.15, -0.1) is 0 Å². The Morgan fingerprint density at radius 3 is 2.94 bits per heavy atom. The van der Waals surface area contributed by atoms with Crippen LogP contribution in [0.1, 0.15) is 12.7 Å². The maximum atomic E-state index is 10.6. The smallest absolute Gasteiger partial charge is 0.332 e. The van der Waals surface area contributed by atoms with E-state index in [-0.39, 0.29) is 11.5 Å². The van der Waals surface area contributed by atoms with E-state index in [0.29, 0.717) is 5.52 Å². The average molecular weight is 228 g/mol. The Kier molecular flexibility index (Phi) is 2.83. The van der Waals surface area contributed by atoms with E-state index in [1.165, 1.54) is 6.92 Å². The summed E-state index contributed by atoms with van der Waals surface area (Å²) in [5.74, 6) is -0.316. The van der Waals surface area contributed by atoms with Crippen LogP contribution in [-0.2, 0) is 9.63 Å². The number of rotatable bonds is 2. The summed E-state index contributed by atoms with van der Waals surface area (Å²) in [4.78, 5) is 22.1. The van der Waals surface area contributed by atoms with Gasteiger partial charge in [-0.2, -0.15) is 5.26 Å². The lowest BCUT2D eigenvalue weighted by Gasteiger charge is -1.91. The molecular weight excluding hydrogens is 220 g/mol. The van der Waals surface area contributed by atoms with Gasteiger partial charge in [0.15, 0.2) is 5.82 Å². The number of fused-ring (bicyclic) bond motifs is 1. The number of aromatic nitrogens is 2. The van der Waals surface area contributed by atoms with Crippen LogP contribution in [0.5, 0.6) is 0 Å². The van der Waals surface area contributed by atoms with E-state index in [4.69, 9.17) is 5.26 Å². The van der Waals surface area contributed by atoms with E-state index in [0.717, 1.165) is 5.52 Å². The lowest BCUT2D eigenvalue weighted by Crippen LogP contribution is -2.03. The SMILES string of the molecule is CC(=O)O/N=C(/C#N)c1nc2ccccc2[nH]1. The van der Waals surface area contributed by atoms with Crippen LogP contribution in [0.25, 0.3) is 11.0 Å². The van der Waals surface area contributed by atoms with Gasteiger partial charge in [-0.1, -0.05) is 17.3 Å². The van der Waals surface area contributed by atoms with E-state index >= 15 is 0 Å². The molecule has 0 unspecified atom stereocenters. The molecule has 0 amide bonds. The number of benzene rings is 1. The van der Waals surface area contributed by atoms with Crippen LogP contribution < -0.4 is 0 Å². The average Bonchev–Trinajstić information content (AvgIpc) is 2.72. The van der Waals surface area contributed by atoms with Crippen LogP contribution in [0.15, 0.2) is 29.4 Å². The van der Waals surface area contributed by atoms with Gasteiger partial charge in [0.2, 0.25) is 5.71 Å². The van der Waals surface area contributed by atoms with Gasteiger partial charge < -0.3 is 9.82 Å². The Morgan fingerprint density at radius 1 is 1.53 bits per heavy atom. The molecule has 0 fully saturated rings. The molecular formula is C11H8N4O2. The highest BCUT2D eigenvalue weighted by molar-refractivity contribution is 6.10. The monoisotopic (exact) mass is 228 g/mol. The van der Waals surface area contributed by atoms with E-state index in [9.17, 15) is 4.79 Å². The van der Waals surface area contributed by atoms with Crippen molar-refractivity contribution in [2.45, 2.75) is 6.92 Å². The van der Waals surface area contributed by atoms with Crippen molar-refractivity contribution in [3.05, 3.63) is 30.1 Å². The Labute approximate surface area is 96.5 Å². The Bertz CT molecular complexity index is 603. The number of para-hydroxylation sites is 2. The molecule has 0 saturated carbocycles. The zero-order valence-electron chi connectivity index (χ0n) is 8.97. The van der Waals surface area contributed by atoms with Crippen LogP contribution in [0.4, 0.5) is 0 Å². The number of imidazole rings is 1. The van der Waals surface area contributed by atoms with Crippen LogP contribution in [-0.4, -0.2) is 21.6 Å². The van der Waals surface area contributed by atoms with Gasteiger partial charge in [0.25, 0.3) is 0 Å². The number of nitriles is 1. The first kappa shape index (κ1) is 10.8. The zero-order chi connectivity index (χ0) is 12.3. The first-order valence-electron chi connectivity index (χ1n) is 4.81. The van der Waals surface area contributed by atoms with Crippen LogP contribution >= 0.6 is 0 Å². The van der Waals surface area contributed by atoms with Gasteiger partial charge >= 0.3 is 5.97 Å². The molecule has 1 aromatic carbocycles. The maximum absolute atomic E-state index is 10.6. The van der Waals surface area contributed by atoms with Crippen molar-refractivity contribution in [1.82, 2.24) is 9.97 Å². The molecule has 2 aromatic rings. The fraction of sp³-hybridized carbons (Fsp3) is 0.0909. The predicted octanol–water partition coefficient (Wildman–Crippen LogP) is 1.35. The van der Waals surface area contributed by atoms with Crippen molar-refractivity contribution in [1.29, 1.82) is 5.26 Å². The number of H-pyrrole nitrogens is 1. The van der Waals surface area contributed by atoms with E-state index < -0.39 is 5.97 Å². The highest BCUT2D eigenvalue weighted by atomic mass is 16.7. The largest absolute Gasteiger partial charge is 0.336 e. The molecule has 6 nitrogen and oxygen atoms in total. The quantitative estimate of drug-likeness (QED) is 0.477. The van der Waals surface area contributed by atoms with Gasteiger partial charge in [-0.05, 0) is 12.1 Å². The minimum Gasteiger partial charge on any atom is -0.336 e. The Balaban J connectivity index is 2.41. The van der Waals surface area contributed by atoms with Gasteiger partial charge in [-0.25, -0.2) is 9.78 Å². The molecule has 17 heavy (non-hydrogen) atoms. The number of nitrogens with one attached hydrogen (secondary N) is 1. The summed E-state index contributed by atoms with van der Waals surface area (Å²) in [7, 11) is 0. The van der Waals surface area contributed by atoms with Gasteiger partial charge in [0.05, 0.1) is 11.0 Å². The predicted molar refractivity (Wildman–Crippen MR) is 60.0 cm³/mol. The molecule has 0 aliphatic rings. The van der Waals surface area contributed by atoms with E-state index in [2.05, 4.69) is 20.0 Å². The molecule has 1 aromatic heterocycles. The number of hydrogen-bond acceptors (Lipinski definition) is 5. The molecule has 6 heteroatoms. The summed E-state index contributed by atoms with van der Waals surface area (Å²) in [5, 5.41) is 12.3. The fourth-order valence-electron chi connectivity index (χ4n) is 1.29. The van der Waals surface area contributed by atoms with Crippen molar-refractivity contribution < 1.29 is 9.63 Å². The Morgan fingerprint density at radius 2 is 2.29 bits per heavy atom. The number of carbonyl (C=O) groups excluding carboxylic acids is 1. The third-order valence-corrected chi connectivity index (χ3v) is 1.99. The van der Waals surface area contributed by atoms with Crippen LogP contribution in [0.2, 0.25) is 0 Å². The van der Waals surface area contributed by atoms with Crippen LogP contribution in [0.3, 0.4) is 0 Å². The molecule has 0 saturated heterocycles. The first-order chi connectivity index (χ1) is 8.20. The highest BCUT2D eigenvalue weighted by Crippen LogP contribution is 2.10. The third-order valence-electron chi connectivity index (χ3n) is 1.99. The van der Waals surface area contributed by atoms with Crippen LogP contribution in [0, 0.1) is 11.3 Å². The summed E-state index contributed by atoms with van der Waals surface area (Å²) >= 11 is 0. The second-order valence-electron chi connectivity index (χ2n) is 3.24. The summed E-state index contributed by atoms with van der Waals surface area (Å²) in [6, 6.07) is 9.12. The molecule has 0 aliphatic heterocycles. The minimum absolute atomic E-state index is 0.0728. The third kappa shape index (κ3) is 2.29. The molecule has 0 atom stereocenters. The molecule has 0 radical (unpaired) electrons. The normalized spacial score (nSPS) is 11.2. The Hall–Kier alpha value is -2.68. The van der Waals surface area contributed by atoms with Crippen molar-refractivity contribution in [3.63, 3.8) is 0 Å². The van der Waals surface area contributed by atoms with Crippen molar-refractivity contribution in [2.24, 2.45) is 5.16 Å². The summed E-state index contributed by atoms with van der Waals surface area (Å²) < 4.78 is 0. The van der Waals surface area contributed by atoms with E-state index in [1.54, 1.807) is 6.07 Å². The standard InChI is InChI=1S/C11H8N4O2/c1-7(16)17-15-10(6-12)11-13-8-4-2-3-5-9(8)14-11/h2-5H,1H3,(H,13,14)/b15-10-. The van der Waals surface area contributed by atoms with Gasteiger partial charge in [0, 0.05) is 6.92 Å². The second-order valence-corrected chi connectivity index (χ2v) is 3.24. The number of oxime groups is 1. The molecule has 2 rings (SSSR count). The van der Waals surface area contributed by atoms with E-state index in [1.807, 2.05) is 24.3 Å². The lowest BCUT2D eigenvalue weighted by molar-refractivity contribution is -0.140. The number of hydrogen-bond donors (Lipinski definition) is 1. The zero-order valence-corrected chi connectivity index (χ0v) is 8.97. The summed E-state index contributed by atoms with van der Waals surface area (Å²) in [5.41, 5.74) is 1.43. The van der Waals surface area contributed by atoms with Gasteiger partial charge in [0.1, 0.15) is 6.07 Å². The topological polar surface area (TPSA) is 91.1 Å². The molecule has 1 heterocycles. The molecule has 1 N–H and O–H groups in total. The highest BCUT2D eigenvalue weighted by Gasteiger charge is 2.09. The maximum Gasteiger partial charge on any atom is 0.332 e. The number of carbonyl (C=O) groups is 1. The summed E-state index contributed by atoms with van der Waals surface area (Å²) in [6.45, 7) is 1.21. The lowest BCUT2D eigenvalue weighted by atomic mass is 10.3. The molecule has 84 valence electrons. The number of aromatic amines is 1.